The largest absolute Gasteiger partial charge is 0.353 e. The van der Waals surface area contributed by atoms with E-state index in [-0.39, 0.29) is 17.2 Å². The van der Waals surface area contributed by atoms with E-state index in [1.165, 1.54) is 0 Å². The molecule has 0 radical (unpaired) electrons. The molecule has 0 aromatic heterocycles. The van der Waals surface area contributed by atoms with Gasteiger partial charge in [0.15, 0.2) is 0 Å². The molecule has 0 aliphatic carbocycles. The number of carbonyl (C=O) groups excluding carboxylic acids is 1. The average molecular weight is 183 g/mol. The van der Waals surface area contributed by atoms with Crippen molar-refractivity contribution in [3.8, 4) is 0 Å². The monoisotopic (exact) mass is 183 g/mol. The molecule has 76 valence electrons. The first-order valence-corrected chi connectivity index (χ1v) is 5.34. The summed E-state index contributed by atoms with van der Waals surface area (Å²) in [6, 6.07) is 0.370. The highest BCUT2D eigenvalue weighted by atomic mass is 16.2. The second-order valence-corrected chi connectivity index (χ2v) is 4.56. The normalized spacial score (nSPS) is 29.1. The Morgan fingerprint density at radius 1 is 1.46 bits per heavy atom. The van der Waals surface area contributed by atoms with Crippen molar-refractivity contribution < 1.29 is 4.79 Å². The molecule has 1 saturated heterocycles. The third kappa shape index (κ3) is 1.87. The Morgan fingerprint density at radius 3 is 2.31 bits per heavy atom. The summed E-state index contributed by atoms with van der Waals surface area (Å²) in [4.78, 5) is 11.6. The summed E-state index contributed by atoms with van der Waals surface area (Å²) in [7, 11) is 0. The van der Waals surface area contributed by atoms with Crippen molar-refractivity contribution in [1.29, 1.82) is 0 Å². The summed E-state index contributed by atoms with van der Waals surface area (Å²) in [5.41, 5.74) is 0.203. The van der Waals surface area contributed by atoms with Crippen molar-refractivity contribution in [3.05, 3.63) is 0 Å². The Kier molecular flexibility index (Phi) is 2.99. The topological polar surface area (TPSA) is 29.1 Å². The summed E-state index contributed by atoms with van der Waals surface area (Å²) in [6.45, 7) is 8.68. The fourth-order valence-corrected chi connectivity index (χ4v) is 2.21. The molecule has 1 amide bonds. The van der Waals surface area contributed by atoms with Crippen molar-refractivity contribution in [2.75, 3.05) is 0 Å². The summed E-state index contributed by atoms with van der Waals surface area (Å²) in [6.07, 6.45) is 3.19. The van der Waals surface area contributed by atoms with Crippen LogP contribution in [-0.2, 0) is 4.79 Å². The number of nitrogens with one attached hydrogen (secondary N) is 1. The molecular formula is C11H21NO. The van der Waals surface area contributed by atoms with E-state index in [9.17, 15) is 4.79 Å². The summed E-state index contributed by atoms with van der Waals surface area (Å²) >= 11 is 0. The Morgan fingerprint density at radius 2 is 2.00 bits per heavy atom. The predicted molar refractivity (Wildman–Crippen MR) is 54.4 cm³/mol. The number of hydrogen-bond donors (Lipinski definition) is 1. The molecule has 1 N–H and O–H groups in total. The smallest absolute Gasteiger partial charge is 0.223 e. The lowest BCUT2D eigenvalue weighted by molar-refractivity contribution is -0.126. The Labute approximate surface area is 81.1 Å². The van der Waals surface area contributed by atoms with Crippen molar-refractivity contribution in [3.63, 3.8) is 0 Å². The Bertz CT molecular complexity index is 196. The quantitative estimate of drug-likeness (QED) is 0.715. The molecular weight excluding hydrogens is 162 g/mol. The van der Waals surface area contributed by atoms with Gasteiger partial charge in [0.05, 0.1) is 0 Å². The van der Waals surface area contributed by atoms with Crippen LogP contribution < -0.4 is 5.32 Å². The van der Waals surface area contributed by atoms with Crippen LogP contribution in [0.1, 0.15) is 47.0 Å². The van der Waals surface area contributed by atoms with Crippen LogP contribution in [0.4, 0.5) is 0 Å². The second kappa shape index (κ2) is 3.69. The van der Waals surface area contributed by atoms with Crippen LogP contribution in [0.25, 0.3) is 0 Å². The van der Waals surface area contributed by atoms with E-state index < -0.39 is 0 Å². The standard InChI is InChI=1S/C11H21NO/c1-5-11(4,6-2)9-7-8(3)12-10(9)13/h8-9H,5-7H2,1-4H3,(H,12,13)/t8-,9?/m0/s1. The molecule has 0 saturated carbocycles. The minimum Gasteiger partial charge on any atom is -0.353 e. The minimum atomic E-state index is 0.203. The third-order valence-corrected chi connectivity index (χ3v) is 3.75. The summed E-state index contributed by atoms with van der Waals surface area (Å²) in [5.74, 6) is 0.496. The fourth-order valence-electron chi connectivity index (χ4n) is 2.21. The van der Waals surface area contributed by atoms with E-state index in [1.54, 1.807) is 0 Å². The first kappa shape index (κ1) is 10.6. The molecule has 1 fully saturated rings. The molecule has 2 heteroatoms. The Hall–Kier alpha value is -0.530. The van der Waals surface area contributed by atoms with E-state index in [0.717, 1.165) is 19.3 Å². The molecule has 0 spiro atoms. The zero-order chi connectivity index (χ0) is 10.1. The van der Waals surface area contributed by atoms with E-state index in [2.05, 4.69) is 33.0 Å². The maximum atomic E-state index is 11.6. The van der Waals surface area contributed by atoms with Gasteiger partial charge in [-0.3, -0.25) is 4.79 Å². The number of amides is 1. The average Bonchev–Trinajstić information content (AvgIpc) is 2.44. The molecule has 0 aromatic rings. The number of hydrogen-bond acceptors (Lipinski definition) is 1. The van der Waals surface area contributed by atoms with Crippen LogP contribution >= 0.6 is 0 Å². The van der Waals surface area contributed by atoms with Crippen molar-refractivity contribution in [1.82, 2.24) is 5.32 Å². The van der Waals surface area contributed by atoms with Crippen LogP contribution in [0.5, 0.6) is 0 Å². The highest BCUT2D eigenvalue weighted by molar-refractivity contribution is 5.82. The zero-order valence-electron chi connectivity index (χ0n) is 9.18. The molecule has 0 aromatic carbocycles. The highest BCUT2D eigenvalue weighted by Crippen LogP contribution is 2.39. The lowest BCUT2D eigenvalue weighted by Gasteiger charge is -2.31. The number of carbonyl (C=O) groups is 1. The van der Waals surface area contributed by atoms with E-state index in [0.29, 0.717) is 6.04 Å². The van der Waals surface area contributed by atoms with E-state index in [1.807, 2.05) is 0 Å². The van der Waals surface area contributed by atoms with Gasteiger partial charge in [0.2, 0.25) is 5.91 Å². The first-order valence-electron chi connectivity index (χ1n) is 5.34. The lowest BCUT2D eigenvalue weighted by Crippen LogP contribution is -2.32. The maximum absolute atomic E-state index is 11.6. The van der Waals surface area contributed by atoms with E-state index in [4.69, 9.17) is 0 Å². The molecule has 1 heterocycles. The molecule has 1 aliphatic heterocycles. The van der Waals surface area contributed by atoms with Gasteiger partial charge in [0, 0.05) is 12.0 Å². The SMILES string of the molecule is CCC(C)(CC)C1C[C@H](C)NC1=O. The Balaban J connectivity index is 2.75. The van der Waals surface area contributed by atoms with Crippen LogP contribution in [0.2, 0.25) is 0 Å². The zero-order valence-corrected chi connectivity index (χ0v) is 9.18. The fraction of sp³-hybridized carbons (Fsp3) is 0.909. The van der Waals surface area contributed by atoms with Gasteiger partial charge in [-0.2, -0.15) is 0 Å². The predicted octanol–water partition coefficient (Wildman–Crippen LogP) is 2.34. The summed E-state index contributed by atoms with van der Waals surface area (Å²) < 4.78 is 0. The van der Waals surface area contributed by atoms with Gasteiger partial charge in [-0.05, 0) is 31.6 Å². The second-order valence-electron chi connectivity index (χ2n) is 4.56. The van der Waals surface area contributed by atoms with Gasteiger partial charge >= 0.3 is 0 Å². The molecule has 13 heavy (non-hydrogen) atoms. The molecule has 0 bridgehead atoms. The van der Waals surface area contributed by atoms with Crippen LogP contribution in [-0.4, -0.2) is 11.9 Å². The molecule has 2 nitrogen and oxygen atoms in total. The maximum Gasteiger partial charge on any atom is 0.223 e. The van der Waals surface area contributed by atoms with Crippen LogP contribution in [0.3, 0.4) is 0 Å². The third-order valence-electron chi connectivity index (χ3n) is 3.75. The van der Waals surface area contributed by atoms with Gasteiger partial charge in [-0.1, -0.05) is 20.8 Å². The van der Waals surface area contributed by atoms with Crippen LogP contribution in [0, 0.1) is 11.3 Å². The van der Waals surface area contributed by atoms with E-state index >= 15 is 0 Å². The van der Waals surface area contributed by atoms with Crippen LogP contribution in [0.15, 0.2) is 0 Å². The molecule has 1 aliphatic rings. The van der Waals surface area contributed by atoms with Gasteiger partial charge in [0.25, 0.3) is 0 Å². The molecule has 2 atom stereocenters. The van der Waals surface area contributed by atoms with Gasteiger partial charge < -0.3 is 5.32 Å². The minimum absolute atomic E-state index is 0.203. The highest BCUT2D eigenvalue weighted by Gasteiger charge is 2.41. The lowest BCUT2D eigenvalue weighted by atomic mass is 9.72. The van der Waals surface area contributed by atoms with Crippen molar-refractivity contribution in [2.24, 2.45) is 11.3 Å². The van der Waals surface area contributed by atoms with Gasteiger partial charge in [-0.15, -0.1) is 0 Å². The number of rotatable bonds is 3. The van der Waals surface area contributed by atoms with Gasteiger partial charge in [-0.25, -0.2) is 0 Å². The van der Waals surface area contributed by atoms with Crippen molar-refractivity contribution in [2.45, 2.75) is 53.0 Å². The molecule has 1 rings (SSSR count). The summed E-state index contributed by atoms with van der Waals surface area (Å²) in [5, 5.41) is 3.00. The van der Waals surface area contributed by atoms with Gasteiger partial charge in [0.1, 0.15) is 0 Å². The van der Waals surface area contributed by atoms with Crippen molar-refractivity contribution >= 4 is 5.91 Å². The molecule has 1 unspecified atom stereocenters. The first-order chi connectivity index (χ1) is 6.03.